The van der Waals surface area contributed by atoms with Crippen molar-refractivity contribution in [1.29, 1.82) is 0 Å². The predicted molar refractivity (Wildman–Crippen MR) is 57.0 cm³/mol. The standard InChI is InChI=1S/C10H23N3/c1-11-7-10(12(2)3)9-5-6-13(4)8-9/h9-11H,5-8H2,1-4H3. The smallest absolute Gasteiger partial charge is 0.0255 e. The molecule has 1 rings (SSSR count). The largest absolute Gasteiger partial charge is 0.318 e. The number of rotatable bonds is 4. The van der Waals surface area contributed by atoms with E-state index in [2.05, 4.69) is 36.3 Å². The normalized spacial score (nSPS) is 27.0. The zero-order valence-corrected chi connectivity index (χ0v) is 9.38. The van der Waals surface area contributed by atoms with Gasteiger partial charge >= 0.3 is 0 Å². The highest BCUT2D eigenvalue weighted by atomic mass is 15.2. The van der Waals surface area contributed by atoms with E-state index in [0.717, 1.165) is 12.5 Å². The molecule has 13 heavy (non-hydrogen) atoms. The summed E-state index contributed by atoms with van der Waals surface area (Å²) in [7, 11) is 8.61. The first-order valence-corrected chi connectivity index (χ1v) is 5.14. The molecule has 3 heteroatoms. The number of nitrogens with one attached hydrogen (secondary N) is 1. The first-order chi connectivity index (χ1) is 6.15. The van der Waals surface area contributed by atoms with Gasteiger partial charge in [0.15, 0.2) is 0 Å². The van der Waals surface area contributed by atoms with Crippen LogP contribution < -0.4 is 5.32 Å². The first-order valence-electron chi connectivity index (χ1n) is 5.14. The summed E-state index contributed by atoms with van der Waals surface area (Å²) in [5.74, 6) is 0.840. The van der Waals surface area contributed by atoms with Gasteiger partial charge in [-0.15, -0.1) is 0 Å². The molecule has 0 bridgehead atoms. The Morgan fingerprint density at radius 1 is 1.54 bits per heavy atom. The molecule has 78 valence electrons. The van der Waals surface area contributed by atoms with Gasteiger partial charge in [-0.1, -0.05) is 0 Å². The minimum Gasteiger partial charge on any atom is -0.318 e. The van der Waals surface area contributed by atoms with Crippen LogP contribution in [-0.2, 0) is 0 Å². The Kier molecular flexibility index (Phi) is 4.16. The van der Waals surface area contributed by atoms with Crippen LogP contribution in [0.25, 0.3) is 0 Å². The maximum Gasteiger partial charge on any atom is 0.0255 e. The van der Waals surface area contributed by atoms with Crippen molar-refractivity contribution < 1.29 is 0 Å². The van der Waals surface area contributed by atoms with E-state index in [1.54, 1.807) is 0 Å². The van der Waals surface area contributed by atoms with Crippen LogP contribution in [0.2, 0.25) is 0 Å². The van der Waals surface area contributed by atoms with Gasteiger partial charge in [0.2, 0.25) is 0 Å². The summed E-state index contributed by atoms with van der Waals surface area (Å²) in [6, 6.07) is 0.690. The molecule has 1 saturated heterocycles. The van der Waals surface area contributed by atoms with Crippen LogP contribution in [0, 0.1) is 5.92 Å². The van der Waals surface area contributed by atoms with Crippen LogP contribution >= 0.6 is 0 Å². The number of likely N-dealkylation sites (tertiary alicyclic amines) is 1. The van der Waals surface area contributed by atoms with E-state index in [1.165, 1.54) is 19.5 Å². The van der Waals surface area contributed by atoms with Gasteiger partial charge in [0.25, 0.3) is 0 Å². The Bertz CT molecular complexity index is 147. The third-order valence-corrected chi connectivity index (χ3v) is 3.05. The van der Waals surface area contributed by atoms with Crippen molar-refractivity contribution in [2.45, 2.75) is 12.5 Å². The predicted octanol–water partition coefficient (Wildman–Crippen LogP) is 0.0877. The minimum atomic E-state index is 0.690. The Morgan fingerprint density at radius 2 is 2.23 bits per heavy atom. The van der Waals surface area contributed by atoms with E-state index < -0.39 is 0 Å². The summed E-state index contributed by atoms with van der Waals surface area (Å²) in [5.41, 5.74) is 0. The Morgan fingerprint density at radius 3 is 2.62 bits per heavy atom. The van der Waals surface area contributed by atoms with Crippen molar-refractivity contribution in [2.75, 3.05) is 47.8 Å². The highest BCUT2D eigenvalue weighted by molar-refractivity contribution is 4.84. The van der Waals surface area contributed by atoms with Crippen LogP contribution in [0.4, 0.5) is 0 Å². The van der Waals surface area contributed by atoms with E-state index in [-0.39, 0.29) is 0 Å². The van der Waals surface area contributed by atoms with Crippen LogP contribution in [0.5, 0.6) is 0 Å². The molecule has 0 aliphatic carbocycles. The number of nitrogens with zero attached hydrogens (tertiary/aromatic N) is 2. The number of likely N-dealkylation sites (N-methyl/N-ethyl adjacent to an activating group) is 2. The third-order valence-electron chi connectivity index (χ3n) is 3.05. The fourth-order valence-electron chi connectivity index (χ4n) is 2.26. The molecule has 0 spiro atoms. The molecule has 0 aromatic heterocycles. The van der Waals surface area contributed by atoms with Crippen LogP contribution in [0.1, 0.15) is 6.42 Å². The van der Waals surface area contributed by atoms with E-state index in [1.807, 2.05) is 7.05 Å². The summed E-state index contributed by atoms with van der Waals surface area (Å²) in [4.78, 5) is 4.77. The molecular weight excluding hydrogens is 162 g/mol. The Balaban J connectivity index is 2.44. The summed E-state index contributed by atoms with van der Waals surface area (Å²) in [5, 5.41) is 3.28. The van der Waals surface area contributed by atoms with Gasteiger partial charge < -0.3 is 15.1 Å². The lowest BCUT2D eigenvalue weighted by Crippen LogP contribution is -2.43. The van der Waals surface area contributed by atoms with Crippen molar-refractivity contribution in [2.24, 2.45) is 5.92 Å². The van der Waals surface area contributed by atoms with Crippen molar-refractivity contribution in [3.8, 4) is 0 Å². The fraction of sp³-hybridized carbons (Fsp3) is 1.00. The minimum absolute atomic E-state index is 0.690. The van der Waals surface area contributed by atoms with Crippen molar-refractivity contribution in [3.63, 3.8) is 0 Å². The molecule has 2 atom stereocenters. The fourth-order valence-corrected chi connectivity index (χ4v) is 2.26. The second-order valence-corrected chi connectivity index (χ2v) is 4.40. The van der Waals surface area contributed by atoms with Crippen molar-refractivity contribution >= 4 is 0 Å². The van der Waals surface area contributed by atoms with Crippen LogP contribution in [0.15, 0.2) is 0 Å². The Labute approximate surface area is 82.1 Å². The maximum atomic E-state index is 3.28. The first kappa shape index (κ1) is 11.0. The van der Waals surface area contributed by atoms with Gasteiger partial charge in [-0.05, 0) is 47.1 Å². The molecule has 1 aliphatic heterocycles. The topological polar surface area (TPSA) is 18.5 Å². The molecule has 1 N–H and O–H groups in total. The van der Waals surface area contributed by atoms with E-state index >= 15 is 0 Å². The third kappa shape index (κ3) is 2.93. The zero-order valence-electron chi connectivity index (χ0n) is 9.38. The van der Waals surface area contributed by atoms with Gasteiger partial charge in [-0.2, -0.15) is 0 Å². The van der Waals surface area contributed by atoms with Crippen LogP contribution in [-0.4, -0.2) is 63.7 Å². The average Bonchev–Trinajstić information content (AvgIpc) is 2.46. The zero-order chi connectivity index (χ0) is 9.84. The summed E-state index contributed by atoms with van der Waals surface area (Å²) in [6.07, 6.45) is 1.35. The van der Waals surface area contributed by atoms with Gasteiger partial charge in [0.1, 0.15) is 0 Å². The number of hydrogen-bond donors (Lipinski definition) is 1. The molecule has 0 saturated carbocycles. The van der Waals surface area contributed by atoms with Gasteiger partial charge in [0.05, 0.1) is 0 Å². The lowest BCUT2D eigenvalue weighted by atomic mass is 9.98. The van der Waals surface area contributed by atoms with E-state index in [0.29, 0.717) is 6.04 Å². The number of hydrogen-bond acceptors (Lipinski definition) is 3. The van der Waals surface area contributed by atoms with Gasteiger partial charge in [-0.3, -0.25) is 0 Å². The SMILES string of the molecule is CNCC(C1CCN(C)C1)N(C)C. The lowest BCUT2D eigenvalue weighted by molar-refractivity contribution is 0.207. The molecule has 0 aromatic carbocycles. The van der Waals surface area contributed by atoms with Crippen molar-refractivity contribution in [1.82, 2.24) is 15.1 Å². The molecule has 0 aromatic rings. The Hall–Kier alpha value is -0.120. The van der Waals surface area contributed by atoms with Gasteiger partial charge in [-0.25, -0.2) is 0 Å². The van der Waals surface area contributed by atoms with Gasteiger partial charge in [0, 0.05) is 19.1 Å². The molecule has 1 fully saturated rings. The molecule has 0 radical (unpaired) electrons. The van der Waals surface area contributed by atoms with E-state index in [4.69, 9.17) is 0 Å². The highest BCUT2D eigenvalue weighted by Crippen LogP contribution is 2.20. The molecule has 1 heterocycles. The van der Waals surface area contributed by atoms with Crippen LogP contribution in [0.3, 0.4) is 0 Å². The molecule has 2 unspecified atom stereocenters. The average molecular weight is 185 g/mol. The van der Waals surface area contributed by atoms with Crippen molar-refractivity contribution in [3.05, 3.63) is 0 Å². The maximum absolute atomic E-state index is 3.28. The molecule has 3 nitrogen and oxygen atoms in total. The second kappa shape index (κ2) is 4.94. The second-order valence-electron chi connectivity index (χ2n) is 4.40. The molecular formula is C10H23N3. The lowest BCUT2D eigenvalue weighted by Gasteiger charge is -2.29. The highest BCUT2D eigenvalue weighted by Gasteiger charge is 2.28. The summed E-state index contributed by atoms with van der Waals surface area (Å²) >= 11 is 0. The quantitative estimate of drug-likeness (QED) is 0.669. The van der Waals surface area contributed by atoms with E-state index in [9.17, 15) is 0 Å². The molecule has 0 amide bonds. The summed E-state index contributed by atoms with van der Waals surface area (Å²) in [6.45, 7) is 3.62. The summed E-state index contributed by atoms with van der Waals surface area (Å²) < 4.78 is 0. The molecule has 1 aliphatic rings. The monoisotopic (exact) mass is 185 g/mol.